The van der Waals surface area contributed by atoms with Crippen molar-refractivity contribution in [3.05, 3.63) is 74.6 Å². The summed E-state index contributed by atoms with van der Waals surface area (Å²) in [4.78, 5) is 36.9. The topological polar surface area (TPSA) is 94.8 Å². The molecule has 3 aromatic rings. The molecule has 8 heteroatoms. The monoisotopic (exact) mass is 459 g/mol. The molecule has 2 aromatic carbocycles. The van der Waals surface area contributed by atoms with Gasteiger partial charge in [0, 0.05) is 34.0 Å². The second kappa shape index (κ2) is 8.91. The zero-order valence-corrected chi connectivity index (χ0v) is 17.3. The van der Waals surface area contributed by atoms with Crippen molar-refractivity contribution in [2.45, 2.75) is 12.5 Å². The van der Waals surface area contributed by atoms with Gasteiger partial charge in [-0.05, 0) is 35.9 Å². The summed E-state index contributed by atoms with van der Waals surface area (Å²) in [7, 11) is 2.75. The summed E-state index contributed by atoms with van der Waals surface area (Å²) in [6.07, 6.45) is 0.0564. The molecule has 0 unspecified atom stereocenters. The van der Waals surface area contributed by atoms with Crippen LogP contribution in [0.15, 0.2) is 62.2 Å². The third-order valence-electron chi connectivity index (χ3n) is 4.34. The van der Waals surface area contributed by atoms with Crippen molar-refractivity contribution in [2.24, 2.45) is 0 Å². The molecule has 1 amide bonds. The van der Waals surface area contributed by atoms with Gasteiger partial charge in [0.2, 0.25) is 0 Å². The van der Waals surface area contributed by atoms with Crippen LogP contribution in [-0.4, -0.2) is 32.1 Å². The van der Waals surface area contributed by atoms with E-state index < -0.39 is 23.5 Å². The Balaban J connectivity index is 1.94. The number of rotatable bonds is 6. The number of ether oxygens (including phenoxy) is 2. The predicted octanol–water partition coefficient (Wildman–Crippen LogP) is 3.08. The van der Waals surface area contributed by atoms with Gasteiger partial charge in [-0.3, -0.25) is 4.79 Å². The first-order valence-corrected chi connectivity index (χ1v) is 9.45. The molecule has 0 bridgehead atoms. The van der Waals surface area contributed by atoms with E-state index in [1.165, 1.54) is 20.3 Å². The Morgan fingerprint density at radius 1 is 1.14 bits per heavy atom. The van der Waals surface area contributed by atoms with Crippen LogP contribution >= 0.6 is 15.9 Å². The Kier molecular flexibility index (Phi) is 6.33. The van der Waals surface area contributed by atoms with Crippen molar-refractivity contribution in [2.75, 3.05) is 14.2 Å². The van der Waals surface area contributed by atoms with Crippen LogP contribution in [0.25, 0.3) is 11.0 Å². The fourth-order valence-corrected chi connectivity index (χ4v) is 3.33. The summed E-state index contributed by atoms with van der Waals surface area (Å²) in [5.74, 6) is -0.524. The van der Waals surface area contributed by atoms with Crippen molar-refractivity contribution in [1.82, 2.24) is 5.32 Å². The molecule has 0 aliphatic rings. The van der Waals surface area contributed by atoms with Crippen LogP contribution in [0.5, 0.6) is 5.75 Å². The summed E-state index contributed by atoms with van der Waals surface area (Å²) >= 11 is 3.31. The van der Waals surface area contributed by atoms with Crippen LogP contribution < -0.4 is 15.7 Å². The molecule has 3 rings (SSSR count). The summed E-state index contributed by atoms with van der Waals surface area (Å²) < 4.78 is 16.0. The van der Waals surface area contributed by atoms with E-state index in [9.17, 15) is 14.4 Å². The second-order valence-electron chi connectivity index (χ2n) is 6.22. The standard InChI is InChI=1S/C21H18BrNO6/c1-27-15-6-7-16-13(10-19(24)29-18(16)11-15)9-17(21(26)28-2)23-20(25)12-4-3-5-14(22)8-12/h3-8,10-11,17H,9H2,1-2H3,(H,23,25)/t17-/m1/s1. The third kappa shape index (κ3) is 4.83. The highest BCUT2D eigenvalue weighted by molar-refractivity contribution is 9.10. The molecule has 0 saturated heterocycles. The average molecular weight is 460 g/mol. The molecule has 1 aromatic heterocycles. The van der Waals surface area contributed by atoms with Gasteiger partial charge in [0.25, 0.3) is 5.91 Å². The van der Waals surface area contributed by atoms with Gasteiger partial charge in [-0.2, -0.15) is 0 Å². The Labute approximate surface area is 174 Å². The first-order valence-electron chi connectivity index (χ1n) is 8.66. The number of carbonyl (C=O) groups is 2. The zero-order chi connectivity index (χ0) is 21.0. The van der Waals surface area contributed by atoms with Gasteiger partial charge >= 0.3 is 11.6 Å². The first kappa shape index (κ1) is 20.6. The van der Waals surface area contributed by atoms with Gasteiger partial charge in [0.1, 0.15) is 17.4 Å². The minimum absolute atomic E-state index is 0.0564. The minimum atomic E-state index is -0.987. The maximum Gasteiger partial charge on any atom is 0.336 e. The molecule has 0 aliphatic carbocycles. The highest BCUT2D eigenvalue weighted by Gasteiger charge is 2.24. The SMILES string of the molecule is COC(=O)[C@@H](Cc1cc(=O)oc2cc(OC)ccc12)NC(=O)c1cccc(Br)c1. The van der Waals surface area contributed by atoms with Crippen LogP contribution in [0.1, 0.15) is 15.9 Å². The molecule has 1 heterocycles. The lowest BCUT2D eigenvalue weighted by atomic mass is 10.0. The van der Waals surface area contributed by atoms with Crippen molar-refractivity contribution in [3.8, 4) is 5.75 Å². The van der Waals surface area contributed by atoms with Crippen molar-refractivity contribution < 1.29 is 23.5 Å². The number of hydrogen-bond acceptors (Lipinski definition) is 6. The Hall–Kier alpha value is -3.13. The number of carbonyl (C=O) groups excluding carboxylic acids is 2. The second-order valence-corrected chi connectivity index (χ2v) is 7.13. The van der Waals surface area contributed by atoms with Crippen LogP contribution in [0.2, 0.25) is 0 Å². The van der Waals surface area contributed by atoms with E-state index in [0.29, 0.717) is 27.8 Å². The van der Waals surface area contributed by atoms with E-state index in [1.807, 2.05) is 0 Å². The molecule has 0 radical (unpaired) electrons. The largest absolute Gasteiger partial charge is 0.497 e. The summed E-state index contributed by atoms with van der Waals surface area (Å²) in [6, 6.07) is 12.1. The molecule has 0 spiro atoms. The Bertz CT molecular complexity index is 1120. The maximum absolute atomic E-state index is 12.6. The normalized spacial score (nSPS) is 11.7. The van der Waals surface area contributed by atoms with E-state index in [-0.39, 0.29) is 6.42 Å². The number of methoxy groups -OCH3 is 2. The molecule has 150 valence electrons. The molecular formula is C21H18BrNO6. The van der Waals surface area contributed by atoms with Crippen molar-refractivity contribution in [1.29, 1.82) is 0 Å². The minimum Gasteiger partial charge on any atom is -0.497 e. The Morgan fingerprint density at radius 2 is 1.93 bits per heavy atom. The predicted molar refractivity (Wildman–Crippen MR) is 110 cm³/mol. The average Bonchev–Trinajstić information content (AvgIpc) is 2.71. The lowest BCUT2D eigenvalue weighted by Crippen LogP contribution is -2.43. The molecule has 1 N–H and O–H groups in total. The summed E-state index contributed by atoms with van der Waals surface area (Å²) in [5.41, 5.74) is 0.691. The van der Waals surface area contributed by atoms with Gasteiger partial charge in [0.15, 0.2) is 0 Å². The van der Waals surface area contributed by atoms with Crippen molar-refractivity contribution in [3.63, 3.8) is 0 Å². The molecular weight excluding hydrogens is 442 g/mol. The number of fused-ring (bicyclic) bond motifs is 1. The number of hydrogen-bond donors (Lipinski definition) is 1. The molecule has 29 heavy (non-hydrogen) atoms. The number of nitrogens with one attached hydrogen (secondary N) is 1. The van der Waals surface area contributed by atoms with Crippen molar-refractivity contribution >= 4 is 38.8 Å². The van der Waals surface area contributed by atoms with Gasteiger partial charge in [-0.1, -0.05) is 22.0 Å². The molecule has 0 fully saturated rings. The van der Waals surface area contributed by atoms with E-state index >= 15 is 0 Å². The lowest BCUT2D eigenvalue weighted by molar-refractivity contribution is -0.142. The highest BCUT2D eigenvalue weighted by Crippen LogP contribution is 2.23. The van der Waals surface area contributed by atoms with Gasteiger partial charge in [0.05, 0.1) is 14.2 Å². The van der Waals surface area contributed by atoms with Gasteiger partial charge < -0.3 is 19.2 Å². The number of halogens is 1. The number of benzene rings is 2. The van der Waals surface area contributed by atoms with E-state index in [0.717, 1.165) is 4.47 Å². The summed E-state index contributed by atoms with van der Waals surface area (Å²) in [5, 5.41) is 3.31. The van der Waals surface area contributed by atoms with Crippen LogP contribution in [0, 0.1) is 0 Å². The van der Waals surface area contributed by atoms with Crippen LogP contribution in [0.4, 0.5) is 0 Å². The smallest absolute Gasteiger partial charge is 0.336 e. The fourth-order valence-electron chi connectivity index (χ4n) is 2.93. The van der Waals surface area contributed by atoms with E-state index in [4.69, 9.17) is 13.9 Å². The fraction of sp³-hybridized carbons (Fsp3) is 0.190. The number of esters is 1. The lowest BCUT2D eigenvalue weighted by Gasteiger charge is -2.17. The van der Waals surface area contributed by atoms with Gasteiger partial charge in [-0.15, -0.1) is 0 Å². The maximum atomic E-state index is 12.6. The quantitative estimate of drug-likeness (QED) is 0.449. The zero-order valence-electron chi connectivity index (χ0n) is 15.7. The van der Waals surface area contributed by atoms with Gasteiger partial charge in [-0.25, -0.2) is 9.59 Å². The number of amides is 1. The molecule has 7 nitrogen and oxygen atoms in total. The molecule has 0 saturated carbocycles. The highest BCUT2D eigenvalue weighted by atomic mass is 79.9. The summed E-state index contributed by atoms with van der Waals surface area (Å²) in [6.45, 7) is 0. The van der Waals surface area contributed by atoms with E-state index in [1.54, 1.807) is 42.5 Å². The first-order chi connectivity index (χ1) is 13.9. The molecule has 0 aliphatic heterocycles. The molecule has 1 atom stereocenters. The van der Waals surface area contributed by atoms with Crippen LogP contribution in [-0.2, 0) is 16.0 Å². The van der Waals surface area contributed by atoms with E-state index in [2.05, 4.69) is 21.2 Å². The Morgan fingerprint density at radius 3 is 2.62 bits per heavy atom. The third-order valence-corrected chi connectivity index (χ3v) is 4.83. The van der Waals surface area contributed by atoms with Crippen LogP contribution in [0.3, 0.4) is 0 Å².